The molecule has 0 aliphatic heterocycles. The Morgan fingerprint density at radius 2 is 1.46 bits per heavy atom. The predicted molar refractivity (Wildman–Crippen MR) is 161 cm³/mol. The average Bonchev–Trinajstić information content (AvgIpc) is 3.01. The van der Waals surface area contributed by atoms with Crippen LogP contribution in [0.5, 0.6) is 11.5 Å². The Morgan fingerprint density at radius 3 is 2.24 bits per heavy atom. The number of rotatable bonds is 8. The van der Waals surface area contributed by atoms with E-state index in [0.717, 1.165) is 0 Å². The summed E-state index contributed by atoms with van der Waals surface area (Å²) in [6, 6.07) is 28.1. The van der Waals surface area contributed by atoms with Gasteiger partial charge in [-0.1, -0.05) is 54.6 Å². The van der Waals surface area contributed by atoms with Crippen molar-refractivity contribution < 1.29 is 24.5 Å². The monoisotopic (exact) mass is 546 g/mol. The zero-order valence-corrected chi connectivity index (χ0v) is 22.3. The lowest BCUT2D eigenvalue weighted by atomic mass is 9.89. The number of carbonyl (C=O) groups excluding carboxylic acids is 1. The van der Waals surface area contributed by atoms with E-state index in [9.17, 15) is 15.0 Å². The molecule has 0 aromatic heterocycles. The zero-order valence-electron chi connectivity index (χ0n) is 22.3. The maximum Gasteiger partial charge on any atom is 0.223 e. The Morgan fingerprint density at radius 1 is 0.756 bits per heavy atom. The summed E-state index contributed by atoms with van der Waals surface area (Å²) >= 11 is 0. The van der Waals surface area contributed by atoms with Crippen molar-refractivity contribution in [3.05, 3.63) is 119 Å². The number of aliphatic imine (C=N–C) groups is 2. The van der Waals surface area contributed by atoms with Crippen LogP contribution in [-0.4, -0.2) is 47.7 Å². The summed E-state index contributed by atoms with van der Waals surface area (Å²) in [5.74, 6) is -0.320. The highest BCUT2D eigenvalue weighted by atomic mass is 16.5. The summed E-state index contributed by atoms with van der Waals surface area (Å²) in [6.07, 6.45) is 1.57. The second-order valence-electron chi connectivity index (χ2n) is 8.84. The molecule has 0 fully saturated rings. The van der Waals surface area contributed by atoms with Gasteiger partial charge in [0, 0.05) is 11.1 Å². The van der Waals surface area contributed by atoms with Crippen LogP contribution in [0.15, 0.2) is 118 Å². The lowest BCUT2D eigenvalue weighted by Gasteiger charge is -2.17. The molecule has 4 aromatic rings. The predicted octanol–water partition coefficient (Wildman–Crippen LogP) is 6.41. The van der Waals surface area contributed by atoms with E-state index in [4.69, 9.17) is 9.47 Å². The number of nitrogens with zero attached hydrogens (tertiary/aromatic N) is 3. The van der Waals surface area contributed by atoms with Gasteiger partial charge in [-0.3, -0.25) is 10.2 Å². The van der Waals surface area contributed by atoms with Crippen molar-refractivity contribution in [3.8, 4) is 11.5 Å². The van der Waals surface area contributed by atoms with Gasteiger partial charge in [0.2, 0.25) is 17.6 Å². The highest BCUT2D eigenvalue weighted by Crippen LogP contribution is 2.30. The number of hydrogen-bond acceptors (Lipinski definition) is 7. The summed E-state index contributed by atoms with van der Waals surface area (Å²) in [4.78, 5) is 22.1. The first-order valence-corrected chi connectivity index (χ1v) is 12.6. The molecule has 204 valence electrons. The van der Waals surface area contributed by atoms with Gasteiger partial charge < -0.3 is 19.7 Å². The Hall–Kier alpha value is -5.70. The number of fused-ring (bicyclic) bond motifs is 1. The van der Waals surface area contributed by atoms with E-state index >= 15 is 0 Å². The third kappa shape index (κ3) is 5.84. The molecule has 0 radical (unpaired) electrons. The maximum atomic E-state index is 13.6. The number of aliphatic hydroxyl groups excluding tert-OH is 2. The van der Waals surface area contributed by atoms with E-state index in [2.05, 4.69) is 20.5 Å². The van der Waals surface area contributed by atoms with Crippen LogP contribution in [0.2, 0.25) is 0 Å². The highest BCUT2D eigenvalue weighted by molar-refractivity contribution is 6.58. The van der Waals surface area contributed by atoms with E-state index in [0.29, 0.717) is 45.3 Å². The Balaban J connectivity index is 1.51. The van der Waals surface area contributed by atoms with Crippen LogP contribution < -0.4 is 14.9 Å². The van der Waals surface area contributed by atoms with Crippen LogP contribution in [0.25, 0.3) is 6.08 Å². The lowest BCUT2D eigenvalue weighted by Crippen LogP contribution is -2.27. The minimum Gasteiger partial charge on any atom is -0.495 e. The Kier molecular flexibility index (Phi) is 7.87. The largest absolute Gasteiger partial charge is 0.495 e. The summed E-state index contributed by atoms with van der Waals surface area (Å²) in [5.41, 5.74) is 5.95. The van der Waals surface area contributed by atoms with Gasteiger partial charge >= 0.3 is 0 Å². The third-order valence-electron chi connectivity index (χ3n) is 6.26. The molecule has 0 atom stereocenters. The lowest BCUT2D eigenvalue weighted by molar-refractivity contribution is -0.109. The van der Waals surface area contributed by atoms with Gasteiger partial charge in [0.15, 0.2) is 0 Å². The van der Waals surface area contributed by atoms with E-state index in [1.807, 2.05) is 30.3 Å². The van der Waals surface area contributed by atoms with Crippen LogP contribution in [0, 0.1) is 0 Å². The normalized spacial score (nSPS) is 14.3. The molecule has 1 aliphatic rings. The molecule has 0 unspecified atom stereocenters. The molecule has 0 saturated heterocycles. The topological polar surface area (TPSA) is 125 Å². The molecule has 9 heteroatoms. The first kappa shape index (κ1) is 26.9. The molecule has 3 N–H and O–H groups in total. The van der Waals surface area contributed by atoms with E-state index < -0.39 is 11.7 Å². The van der Waals surface area contributed by atoms with Crippen LogP contribution >= 0.6 is 0 Å². The fourth-order valence-electron chi connectivity index (χ4n) is 4.22. The molecule has 0 bridgehead atoms. The Bertz CT molecular complexity index is 1730. The Labute approximate surface area is 236 Å². The SMILES string of the molecule is COc1ccccc1N=C(O)C1=Cc2ccccc2/C(=N\Nc2cc(C(O)=Nc3ccccc3)ccc2OC)C1=O. The fraction of sp³-hybridized carbons (Fsp3) is 0.0625. The molecule has 0 heterocycles. The quantitative estimate of drug-likeness (QED) is 0.133. The number of methoxy groups -OCH3 is 2. The number of hydrogen-bond donors (Lipinski definition) is 3. The minimum atomic E-state index is -0.532. The molecular weight excluding hydrogens is 520 g/mol. The molecule has 1 aliphatic carbocycles. The number of ether oxygens (including phenoxy) is 2. The van der Waals surface area contributed by atoms with Crippen molar-refractivity contribution >= 4 is 46.4 Å². The molecule has 4 aromatic carbocycles. The fourth-order valence-corrected chi connectivity index (χ4v) is 4.22. The molecule has 9 nitrogen and oxygen atoms in total. The number of anilines is 1. The number of benzene rings is 4. The summed E-state index contributed by atoms with van der Waals surface area (Å²) in [7, 11) is 3.00. The van der Waals surface area contributed by atoms with Crippen molar-refractivity contribution in [1.82, 2.24) is 0 Å². The second kappa shape index (κ2) is 12.0. The summed E-state index contributed by atoms with van der Waals surface area (Å²) in [6.45, 7) is 0. The molecule has 41 heavy (non-hydrogen) atoms. The van der Waals surface area contributed by atoms with Crippen LogP contribution in [0.4, 0.5) is 17.1 Å². The number of nitrogens with one attached hydrogen (secondary N) is 1. The maximum absolute atomic E-state index is 13.6. The van der Waals surface area contributed by atoms with E-state index in [1.165, 1.54) is 14.2 Å². The van der Waals surface area contributed by atoms with E-state index in [-0.39, 0.29) is 17.2 Å². The first-order valence-electron chi connectivity index (χ1n) is 12.6. The van der Waals surface area contributed by atoms with E-state index in [1.54, 1.807) is 72.8 Å². The molecule has 0 amide bonds. The van der Waals surface area contributed by atoms with Gasteiger partial charge in [0.25, 0.3) is 0 Å². The van der Waals surface area contributed by atoms with Crippen molar-refractivity contribution in [2.75, 3.05) is 19.6 Å². The molecular formula is C32H26N4O5. The van der Waals surface area contributed by atoms with Crippen molar-refractivity contribution in [2.45, 2.75) is 0 Å². The number of para-hydroxylation sites is 3. The van der Waals surface area contributed by atoms with Gasteiger partial charge in [0.1, 0.15) is 22.9 Å². The average molecular weight is 547 g/mol. The molecule has 0 saturated carbocycles. The van der Waals surface area contributed by atoms with Gasteiger partial charge in [-0.05, 0) is 54.1 Å². The second-order valence-corrected chi connectivity index (χ2v) is 8.84. The standard InChI is InChI=1S/C32H26N4O5/c1-40-27-15-9-8-14-25(27)34-32(39)24-18-20-10-6-7-13-23(20)29(30(24)37)36-35-26-19-21(16-17-28(26)41-2)31(38)33-22-11-4-3-5-12-22/h3-19,35H,1-2H3,(H,33,38)(H,34,39)/b36-29+. The van der Waals surface area contributed by atoms with Crippen molar-refractivity contribution in [1.29, 1.82) is 0 Å². The number of carbonyl (C=O) groups is 1. The highest BCUT2D eigenvalue weighted by Gasteiger charge is 2.29. The zero-order chi connectivity index (χ0) is 28.8. The van der Waals surface area contributed by atoms with Crippen LogP contribution in [0.3, 0.4) is 0 Å². The number of aliphatic hydroxyl groups is 2. The first-order chi connectivity index (χ1) is 20.0. The van der Waals surface area contributed by atoms with Gasteiger partial charge in [-0.2, -0.15) is 5.10 Å². The van der Waals surface area contributed by atoms with Crippen LogP contribution in [0.1, 0.15) is 16.7 Å². The third-order valence-corrected chi connectivity index (χ3v) is 6.26. The molecule has 5 rings (SSSR count). The number of Topliss-reactive ketones (excluding diaryl/α,β-unsaturated/α-hetero) is 1. The van der Waals surface area contributed by atoms with Gasteiger partial charge in [0.05, 0.1) is 31.2 Å². The summed E-state index contributed by atoms with van der Waals surface area (Å²) < 4.78 is 10.8. The van der Waals surface area contributed by atoms with Crippen molar-refractivity contribution in [2.24, 2.45) is 15.1 Å². The number of hydrazone groups is 1. The molecule has 0 spiro atoms. The summed E-state index contributed by atoms with van der Waals surface area (Å²) in [5, 5.41) is 26.0. The van der Waals surface area contributed by atoms with Crippen LogP contribution in [-0.2, 0) is 4.79 Å². The van der Waals surface area contributed by atoms with Crippen molar-refractivity contribution in [3.63, 3.8) is 0 Å². The van der Waals surface area contributed by atoms with Gasteiger partial charge in [-0.25, -0.2) is 9.98 Å². The minimum absolute atomic E-state index is 0.0245. The number of ketones is 1. The smallest absolute Gasteiger partial charge is 0.223 e. The van der Waals surface area contributed by atoms with Gasteiger partial charge in [-0.15, -0.1) is 0 Å².